The van der Waals surface area contributed by atoms with Crippen molar-refractivity contribution < 1.29 is 24.0 Å². The molecule has 9 nitrogen and oxygen atoms in total. The highest BCUT2D eigenvalue weighted by Crippen LogP contribution is 2.34. The highest BCUT2D eigenvalue weighted by molar-refractivity contribution is 8.18. The molecule has 1 aliphatic heterocycles. The van der Waals surface area contributed by atoms with Crippen LogP contribution < -0.4 is 10.1 Å². The van der Waals surface area contributed by atoms with Gasteiger partial charge in [0.1, 0.15) is 12.3 Å². The van der Waals surface area contributed by atoms with E-state index in [1.807, 2.05) is 0 Å². The maximum Gasteiger partial charge on any atom is 0.294 e. The van der Waals surface area contributed by atoms with Crippen LogP contribution >= 0.6 is 23.4 Å². The number of imide groups is 1. The van der Waals surface area contributed by atoms with Gasteiger partial charge in [-0.2, -0.15) is 0 Å². The first-order valence-electron chi connectivity index (χ1n) is 8.42. The monoisotopic (exact) mass is 447 g/mol. The zero-order valence-electron chi connectivity index (χ0n) is 15.5. The van der Waals surface area contributed by atoms with E-state index in [1.54, 1.807) is 18.2 Å². The summed E-state index contributed by atoms with van der Waals surface area (Å²) in [5, 5.41) is 13.3. The summed E-state index contributed by atoms with van der Waals surface area (Å²) in [5.41, 5.74) is 0.358. The number of benzene rings is 2. The summed E-state index contributed by atoms with van der Waals surface area (Å²) < 4.78 is 5.03. The number of amides is 3. The molecule has 1 aliphatic rings. The molecular weight excluding hydrogens is 434 g/mol. The molecule has 154 valence electrons. The molecule has 1 heterocycles. The van der Waals surface area contributed by atoms with Gasteiger partial charge in [0.15, 0.2) is 0 Å². The van der Waals surface area contributed by atoms with E-state index in [1.165, 1.54) is 37.5 Å². The second-order valence-electron chi connectivity index (χ2n) is 5.98. The molecule has 1 fully saturated rings. The number of hydrogen-bond donors (Lipinski definition) is 1. The molecule has 1 N–H and O–H groups in total. The number of ether oxygens (including phenoxy) is 1. The lowest BCUT2D eigenvalue weighted by Gasteiger charge is -2.13. The van der Waals surface area contributed by atoms with E-state index in [0.717, 1.165) is 4.90 Å². The first-order chi connectivity index (χ1) is 14.3. The molecule has 1 saturated heterocycles. The van der Waals surface area contributed by atoms with Crippen LogP contribution in [-0.2, 0) is 9.59 Å². The normalized spacial score (nSPS) is 14.9. The summed E-state index contributed by atoms with van der Waals surface area (Å²) in [6.07, 6.45) is 1.27. The molecule has 0 atom stereocenters. The zero-order chi connectivity index (χ0) is 21.8. The van der Waals surface area contributed by atoms with Crippen LogP contribution in [0.3, 0.4) is 0 Å². The van der Waals surface area contributed by atoms with Gasteiger partial charge < -0.3 is 10.1 Å². The number of nitrogens with one attached hydrogen (secondary N) is 1. The van der Waals surface area contributed by atoms with Gasteiger partial charge in [0.2, 0.25) is 5.91 Å². The van der Waals surface area contributed by atoms with Crippen LogP contribution in [0.5, 0.6) is 5.75 Å². The summed E-state index contributed by atoms with van der Waals surface area (Å²) in [4.78, 5) is 48.4. The van der Waals surface area contributed by atoms with Gasteiger partial charge in [-0.25, -0.2) is 0 Å². The number of methoxy groups -OCH3 is 1. The number of thioether (sulfide) groups is 1. The average molecular weight is 448 g/mol. The molecule has 2 aromatic carbocycles. The SMILES string of the molecule is COc1ccc(NC(=O)CN2C(=O)SC(=Cc3ccccc3[N+](=O)[O-])C2=O)cc1Cl. The Kier molecular flexibility index (Phi) is 6.38. The zero-order valence-corrected chi connectivity index (χ0v) is 17.0. The van der Waals surface area contributed by atoms with Crippen molar-refractivity contribution in [1.82, 2.24) is 4.90 Å². The predicted octanol–water partition coefficient (Wildman–Crippen LogP) is 3.93. The van der Waals surface area contributed by atoms with Crippen LogP contribution in [0.25, 0.3) is 6.08 Å². The van der Waals surface area contributed by atoms with Crippen LogP contribution in [0.1, 0.15) is 5.56 Å². The van der Waals surface area contributed by atoms with Crippen molar-refractivity contribution in [1.29, 1.82) is 0 Å². The lowest BCUT2D eigenvalue weighted by atomic mass is 10.1. The van der Waals surface area contributed by atoms with E-state index in [4.69, 9.17) is 16.3 Å². The average Bonchev–Trinajstić information content (AvgIpc) is 2.95. The topological polar surface area (TPSA) is 119 Å². The number of nitro groups is 1. The van der Waals surface area contributed by atoms with Gasteiger partial charge in [-0.1, -0.05) is 23.7 Å². The molecule has 0 aliphatic carbocycles. The van der Waals surface area contributed by atoms with Crippen molar-refractivity contribution in [3.05, 3.63) is 68.1 Å². The molecule has 2 aromatic rings. The molecule has 0 unspecified atom stereocenters. The van der Waals surface area contributed by atoms with Crippen molar-refractivity contribution in [2.45, 2.75) is 0 Å². The minimum atomic E-state index is -0.703. The fraction of sp³-hybridized carbons (Fsp3) is 0.105. The van der Waals surface area contributed by atoms with Gasteiger partial charge in [-0.3, -0.25) is 29.4 Å². The number of anilines is 1. The highest BCUT2D eigenvalue weighted by Gasteiger charge is 2.36. The number of nitrogens with zero attached hydrogens (tertiary/aromatic N) is 2. The predicted molar refractivity (Wildman–Crippen MR) is 112 cm³/mol. The van der Waals surface area contributed by atoms with Crippen molar-refractivity contribution >= 4 is 57.9 Å². The molecule has 0 saturated carbocycles. The van der Waals surface area contributed by atoms with Crippen molar-refractivity contribution in [3.8, 4) is 5.75 Å². The van der Waals surface area contributed by atoms with E-state index in [2.05, 4.69) is 5.32 Å². The van der Waals surface area contributed by atoms with Gasteiger partial charge in [0.25, 0.3) is 16.8 Å². The number of carbonyl (C=O) groups excluding carboxylic acids is 3. The van der Waals surface area contributed by atoms with Crippen LogP contribution in [0.2, 0.25) is 5.02 Å². The van der Waals surface area contributed by atoms with E-state index >= 15 is 0 Å². The quantitative estimate of drug-likeness (QED) is 0.404. The van der Waals surface area contributed by atoms with E-state index < -0.39 is 28.5 Å². The number of carbonyl (C=O) groups is 3. The smallest absolute Gasteiger partial charge is 0.294 e. The maximum atomic E-state index is 12.6. The Hall–Kier alpha value is -3.37. The number of hydrogen-bond acceptors (Lipinski definition) is 7. The molecule has 3 rings (SSSR count). The third-order valence-corrected chi connectivity index (χ3v) is 5.23. The second-order valence-corrected chi connectivity index (χ2v) is 7.38. The molecule has 30 heavy (non-hydrogen) atoms. The Balaban J connectivity index is 1.73. The van der Waals surface area contributed by atoms with Gasteiger partial charge in [-0.05, 0) is 42.1 Å². The van der Waals surface area contributed by atoms with Gasteiger partial charge in [-0.15, -0.1) is 0 Å². The maximum absolute atomic E-state index is 12.6. The van der Waals surface area contributed by atoms with Crippen molar-refractivity contribution in [3.63, 3.8) is 0 Å². The highest BCUT2D eigenvalue weighted by atomic mass is 35.5. The Morgan fingerprint density at radius 1 is 1.30 bits per heavy atom. The van der Waals surface area contributed by atoms with E-state index in [9.17, 15) is 24.5 Å². The Bertz CT molecular complexity index is 1090. The van der Waals surface area contributed by atoms with Crippen LogP contribution in [-0.4, -0.2) is 40.5 Å². The lowest BCUT2D eigenvalue weighted by molar-refractivity contribution is -0.385. The molecular formula is C19H14ClN3O6S. The third-order valence-electron chi connectivity index (χ3n) is 4.03. The summed E-state index contributed by atoms with van der Waals surface area (Å²) in [6, 6.07) is 10.4. The van der Waals surface area contributed by atoms with E-state index in [-0.39, 0.29) is 21.2 Å². The van der Waals surface area contributed by atoms with Crippen LogP contribution in [0, 0.1) is 10.1 Å². The second kappa shape index (κ2) is 8.97. The Morgan fingerprint density at radius 3 is 2.70 bits per heavy atom. The molecule has 3 amide bonds. The Morgan fingerprint density at radius 2 is 2.03 bits per heavy atom. The lowest BCUT2D eigenvalue weighted by Crippen LogP contribution is -2.36. The summed E-state index contributed by atoms with van der Waals surface area (Å²) in [6.45, 7) is -0.511. The minimum absolute atomic E-state index is 0.00501. The summed E-state index contributed by atoms with van der Waals surface area (Å²) in [5.74, 6) is -0.878. The molecule has 11 heteroatoms. The first-order valence-corrected chi connectivity index (χ1v) is 9.61. The molecule has 0 spiro atoms. The summed E-state index contributed by atoms with van der Waals surface area (Å²) in [7, 11) is 1.46. The van der Waals surface area contributed by atoms with Gasteiger partial charge >= 0.3 is 0 Å². The van der Waals surface area contributed by atoms with Gasteiger partial charge in [0, 0.05) is 11.8 Å². The number of nitro benzene ring substituents is 1. The molecule has 0 aromatic heterocycles. The fourth-order valence-electron chi connectivity index (χ4n) is 2.64. The third kappa shape index (κ3) is 4.61. The van der Waals surface area contributed by atoms with Crippen LogP contribution in [0.15, 0.2) is 47.4 Å². The minimum Gasteiger partial charge on any atom is -0.495 e. The fourth-order valence-corrected chi connectivity index (χ4v) is 3.73. The van der Waals surface area contributed by atoms with Crippen molar-refractivity contribution in [2.75, 3.05) is 19.0 Å². The molecule has 0 bridgehead atoms. The standard InChI is InChI=1S/C19H14ClN3O6S/c1-29-15-7-6-12(9-13(15)20)21-17(24)10-22-18(25)16(30-19(22)26)8-11-4-2-3-5-14(11)23(27)28/h2-9H,10H2,1H3,(H,21,24). The van der Waals surface area contributed by atoms with Gasteiger partial charge in [0.05, 0.1) is 27.5 Å². The number of para-hydroxylation sites is 1. The van der Waals surface area contributed by atoms with Crippen LogP contribution in [0.4, 0.5) is 16.2 Å². The molecule has 0 radical (unpaired) electrons. The van der Waals surface area contributed by atoms with E-state index in [0.29, 0.717) is 23.2 Å². The van der Waals surface area contributed by atoms with Crippen molar-refractivity contribution in [2.24, 2.45) is 0 Å². The largest absolute Gasteiger partial charge is 0.495 e. The first kappa shape index (κ1) is 21.3. The number of halogens is 1. The summed E-state index contributed by atoms with van der Waals surface area (Å²) >= 11 is 6.62. The number of rotatable bonds is 6. The Labute approximate surface area is 179 Å².